The molecule has 0 radical (unpaired) electrons. The average molecular weight is 364 g/mol. The Labute approximate surface area is 157 Å². The van der Waals surface area contributed by atoms with Crippen LogP contribution in [0.5, 0.6) is 0 Å². The molecular weight excluding hydrogens is 346 g/mol. The zero-order valence-corrected chi connectivity index (χ0v) is 14.8. The number of hydrogen-bond acceptors (Lipinski definition) is 2. The highest BCUT2D eigenvalue weighted by Gasteiger charge is 2.41. The molecule has 0 aromatic heterocycles. The van der Waals surface area contributed by atoms with Gasteiger partial charge < -0.3 is 5.11 Å². The number of halogens is 1. The fourth-order valence-electron chi connectivity index (χ4n) is 3.79. The Morgan fingerprint density at radius 2 is 1.42 bits per heavy atom. The molecule has 1 heterocycles. The van der Waals surface area contributed by atoms with Crippen molar-refractivity contribution in [1.29, 1.82) is 0 Å². The number of para-hydroxylation sites is 1. The van der Waals surface area contributed by atoms with Crippen LogP contribution in [0.25, 0.3) is 0 Å². The van der Waals surface area contributed by atoms with Crippen molar-refractivity contribution in [3.63, 3.8) is 0 Å². The Morgan fingerprint density at radius 3 is 2.12 bits per heavy atom. The first-order valence-corrected chi connectivity index (χ1v) is 8.90. The largest absolute Gasteiger partial charge is 0.376 e. The van der Waals surface area contributed by atoms with Crippen LogP contribution in [0.3, 0.4) is 0 Å². The minimum absolute atomic E-state index is 0.109. The lowest BCUT2D eigenvalue weighted by Gasteiger charge is -2.39. The number of hydrogen-bond donors (Lipinski definition) is 1. The molecule has 0 fully saturated rings. The Bertz CT molecular complexity index is 924. The zero-order chi connectivity index (χ0) is 18.1. The van der Waals surface area contributed by atoms with E-state index in [9.17, 15) is 9.90 Å². The first-order valence-electron chi connectivity index (χ1n) is 8.52. The highest BCUT2D eigenvalue weighted by Crippen LogP contribution is 2.47. The second kappa shape index (κ2) is 6.94. The summed E-state index contributed by atoms with van der Waals surface area (Å²) in [4.78, 5) is 14.8. The summed E-state index contributed by atoms with van der Waals surface area (Å²) in [6.45, 7) is -0.346. The van der Waals surface area contributed by atoms with Crippen LogP contribution in [0.15, 0.2) is 78.9 Å². The van der Waals surface area contributed by atoms with Crippen molar-refractivity contribution in [3.8, 4) is 0 Å². The van der Waals surface area contributed by atoms with Crippen molar-refractivity contribution in [3.05, 3.63) is 101 Å². The molecule has 3 aromatic rings. The molecule has 0 aliphatic carbocycles. The Kier molecular flexibility index (Phi) is 4.49. The van der Waals surface area contributed by atoms with Crippen LogP contribution in [0.2, 0.25) is 5.02 Å². The van der Waals surface area contributed by atoms with Crippen molar-refractivity contribution in [2.45, 2.75) is 11.8 Å². The number of aliphatic hydroxyl groups excluding tert-OH is 1. The zero-order valence-electron chi connectivity index (χ0n) is 14.0. The number of benzene rings is 3. The summed E-state index contributed by atoms with van der Waals surface area (Å²) < 4.78 is 0. The number of carbonyl (C=O) groups excluding carboxylic acids is 1. The van der Waals surface area contributed by atoms with Gasteiger partial charge in [-0.05, 0) is 34.9 Å². The van der Waals surface area contributed by atoms with E-state index in [0.29, 0.717) is 5.02 Å². The Hall–Kier alpha value is -2.62. The van der Waals surface area contributed by atoms with E-state index in [1.54, 1.807) is 12.1 Å². The van der Waals surface area contributed by atoms with E-state index >= 15 is 0 Å². The van der Waals surface area contributed by atoms with Gasteiger partial charge in [-0.15, -0.1) is 0 Å². The third-order valence-electron chi connectivity index (χ3n) is 4.96. The highest BCUT2D eigenvalue weighted by molar-refractivity contribution is 6.30. The van der Waals surface area contributed by atoms with E-state index in [0.717, 1.165) is 22.4 Å². The van der Waals surface area contributed by atoms with E-state index in [4.69, 9.17) is 11.6 Å². The molecular formula is C22H18ClNO2. The fourth-order valence-corrected chi connectivity index (χ4v) is 3.91. The molecule has 1 aliphatic heterocycles. The number of amides is 1. The minimum Gasteiger partial charge on any atom is -0.376 e. The molecule has 1 aliphatic rings. The van der Waals surface area contributed by atoms with Gasteiger partial charge in [-0.3, -0.25) is 9.69 Å². The summed E-state index contributed by atoms with van der Waals surface area (Å²) in [6.07, 6.45) is 0. The Morgan fingerprint density at radius 1 is 0.808 bits per heavy atom. The van der Waals surface area contributed by atoms with Crippen LogP contribution in [-0.2, 0) is 4.79 Å². The molecule has 0 spiro atoms. The maximum absolute atomic E-state index is 13.3. The first-order chi connectivity index (χ1) is 12.7. The summed E-state index contributed by atoms with van der Waals surface area (Å²) in [5.74, 6) is -0.650. The van der Waals surface area contributed by atoms with E-state index in [-0.39, 0.29) is 18.6 Å². The summed E-state index contributed by atoms with van der Waals surface area (Å²) in [7, 11) is 0. The van der Waals surface area contributed by atoms with Crippen LogP contribution in [0.1, 0.15) is 28.5 Å². The predicted molar refractivity (Wildman–Crippen MR) is 103 cm³/mol. The van der Waals surface area contributed by atoms with E-state index in [2.05, 4.69) is 0 Å². The van der Waals surface area contributed by atoms with Crippen molar-refractivity contribution in [1.82, 2.24) is 0 Å². The number of anilines is 1. The molecule has 2 unspecified atom stereocenters. The standard InChI is InChI=1S/C22H18ClNO2/c23-17-12-10-16(11-13-17)21-20(15-6-2-1-3-7-15)18-8-4-5-9-19(18)24(14-25)22(21)26/h1-13,20-21,25H,14H2. The molecule has 130 valence electrons. The van der Waals surface area contributed by atoms with Crippen molar-refractivity contribution in [2.75, 3.05) is 11.6 Å². The molecule has 0 saturated carbocycles. The molecule has 0 bridgehead atoms. The minimum atomic E-state index is -0.420. The van der Waals surface area contributed by atoms with Crippen LogP contribution >= 0.6 is 11.6 Å². The smallest absolute Gasteiger partial charge is 0.237 e. The van der Waals surface area contributed by atoms with Crippen LogP contribution in [-0.4, -0.2) is 17.7 Å². The number of fused-ring (bicyclic) bond motifs is 1. The van der Waals surface area contributed by atoms with Gasteiger partial charge in [0.25, 0.3) is 0 Å². The number of aliphatic hydroxyl groups is 1. The maximum Gasteiger partial charge on any atom is 0.237 e. The molecule has 1 N–H and O–H groups in total. The van der Waals surface area contributed by atoms with Gasteiger partial charge in [-0.25, -0.2) is 0 Å². The number of rotatable bonds is 3. The van der Waals surface area contributed by atoms with E-state index < -0.39 is 5.92 Å². The second-order valence-corrected chi connectivity index (χ2v) is 6.82. The third kappa shape index (κ3) is 2.79. The average Bonchev–Trinajstić information content (AvgIpc) is 2.69. The van der Waals surface area contributed by atoms with Crippen LogP contribution in [0, 0.1) is 0 Å². The molecule has 4 heteroatoms. The molecule has 4 rings (SSSR count). The van der Waals surface area contributed by atoms with Gasteiger partial charge in [0.1, 0.15) is 6.73 Å². The maximum atomic E-state index is 13.3. The van der Waals surface area contributed by atoms with Crippen LogP contribution < -0.4 is 4.90 Å². The van der Waals surface area contributed by atoms with Gasteiger partial charge >= 0.3 is 0 Å². The normalized spacial score (nSPS) is 19.3. The molecule has 2 atom stereocenters. The van der Waals surface area contributed by atoms with Crippen molar-refractivity contribution < 1.29 is 9.90 Å². The second-order valence-electron chi connectivity index (χ2n) is 6.38. The van der Waals surface area contributed by atoms with Gasteiger partial charge in [0.15, 0.2) is 0 Å². The van der Waals surface area contributed by atoms with Gasteiger partial charge in [0.05, 0.1) is 5.92 Å². The highest BCUT2D eigenvalue weighted by atomic mass is 35.5. The molecule has 0 saturated heterocycles. The molecule has 3 aromatic carbocycles. The summed E-state index contributed by atoms with van der Waals surface area (Å²) in [5.41, 5.74) is 3.76. The predicted octanol–water partition coefficient (Wildman–Crippen LogP) is 4.55. The third-order valence-corrected chi connectivity index (χ3v) is 5.21. The van der Waals surface area contributed by atoms with E-state index in [1.165, 1.54) is 4.90 Å². The van der Waals surface area contributed by atoms with Gasteiger partial charge in [-0.1, -0.05) is 72.3 Å². The number of nitrogens with zero attached hydrogens (tertiary/aromatic N) is 1. The molecule has 26 heavy (non-hydrogen) atoms. The fraction of sp³-hybridized carbons (Fsp3) is 0.136. The Balaban J connectivity index is 1.95. The SMILES string of the molecule is O=C1C(c2ccc(Cl)cc2)C(c2ccccc2)c2ccccc2N1CO. The van der Waals surface area contributed by atoms with Gasteiger partial charge in [-0.2, -0.15) is 0 Å². The summed E-state index contributed by atoms with van der Waals surface area (Å²) >= 11 is 6.04. The van der Waals surface area contributed by atoms with E-state index in [1.807, 2.05) is 66.7 Å². The molecule has 3 nitrogen and oxygen atoms in total. The monoisotopic (exact) mass is 363 g/mol. The van der Waals surface area contributed by atoms with Crippen LogP contribution in [0.4, 0.5) is 5.69 Å². The van der Waals surface area contributed by atoms with Gasteiger partial charge in [0, 0.05) is 16.6 Å². The lowest BCUT2D eigenvalue weighted by atomic mass is 9.73. The first kappa shape index (κ1) is 16.8. The van der Waals surface area contributed by atoms with Crippen molar-refractivity contribution >= 4 is 23.2 Å². The van der Waals surface area contributed by atoms with Crippen molar-refractivity contribution in [2.24, 2.45) is 0 Å². The molecule has 1 amide bonds. The lowest BCUT2D eigenvalue weighted by Crippen LogP contribution is -2.43. The topological polar surface area (TPSA) is 40.5 Å². The summed E-state index contributed by atoms with van der Waals surface area (Å²) in [5, 5.41) is 10.5. The quantitative estimate of drug-likeness (QED) is 0.741. The number of carbonyl (C=O) groups is 1. The lowest BCUT2D eigenvalue weighted by molar-refractivity contribution is -0.121. The summed E-state index contributed by atoms with van der Waals surface area (Å²) in [6, 6.07) is 25.2. The van der Waals surface area contributed by atoms with Gasteiger partial charge in [0.2, 0.25) is 5.91 Å².